The summed E-state index contributed by atoms with van der Waals surface area (Å²) in [5.74, 6) is 0.356. The number of rotatable bonds is 1. The van der Waals surface area contributed by atoms with Crippen LogP contribution in [0.2, 0.25) is 0 Å². The Hall–Kier alpha value is -0.790. The highest BCUT2D eigenvalue weighted by Gasteiger charge is 2.07. The van der Waals surface area contributed by atoms with Crippen LogP contribution in [0.4, 0.5) is 0 Å². The van der Waals surface area contributed by atoms with Crippen molar-refractivity contribution in [1.82, 2.24) is 5.32 Å². The van der Waals surface area contributed by atoms with Gasteiger partial charge in [0.15, 0.2) is 0 Å². The van der Waals surface area contributed by atoms with Crippen molar-refractivity contribution in [1.29, 1.82) is 0 Å². The van der Waals surface area contributed by atoms with E-state index in [0.717, 1.165) is 6.42 Å². The van der Waals surface area contributed by atoms with Crippen LogP contribution in [0.15, 0.2) is 11.8 Å². The Morgan fingerprint density at radius 2 is 2.00 bits per heavy atom. The minimum atomic E-state index is 0.356. The van der Waals surface area contributed by atoms with Gasteiger partial charge in [0.05, 0.1) is 0 Å². The van der Waals surface area contributed by atoms with Crippen molar-refractivity contribution in [2.24, 2.45) is 0 Å². The number of allylic oxidation sites excluding steroid dienone is 2. The molecule has 1 aliphatic rings. The van der Waals surface area contributed by atoms with Crippen LogP contribution in [0.5, 0.6) is 0 Å². The first-order chi connectivity index (χ1) is 5.33. The summed E-state index contributed by atoms with van der Waals surface area (Å²) >= 11 is 0. The third-order valence-electron chi connectivity index (χ3n) is 1.57. The summed E-state index contributed by atoms with van der Waals surface area (Å²) in [6, 6.07) is 0. The highest BCUT2D eigenvalue weighted by atomic mass is 16.1. The zero-order valence-corrected chi connectivity index (χ0v) is 7.61. The second-order valence-electron chi connectivity index (χ2n) is 2.22. The Labute approximate surface area is 68.7 Å². The second kappa shape index (κ2) is 5.96. The van der Waals surface area contributed by atoms with Gasteiger partial charge < -0.3 is 5.32 Å². The van der Waals surface area contributed by atoms with E-state index in [9.17, 15) is 4.79 Å². The van der Waals surface area contributed by atoms with Gasteiger partial charge >= 0.3 is 0 Å². The molecule has 0 aromatic carbocycles. The molecule has 0 heterocycles. The molecule has 0 bridgehead atoms. The lowest BCUT2D eigenvalue weighted by Gasteiger charge is -2.10. The van der Waals surface area contributed by atoms with Crippen molar-refractivity contribution in [2.45, 2.75) is 33.1 Å². The van der Waals surface area contributed by atoms with Crippen LogP contribution < -0.4 is 5.32 Å². The van der Waals surface area contributed by atoms with Crippen LogP contribution in [0, 0.1) is 0 Å². The summed E-state index contributed by atoms with van der Waals surface area (Å²) in [6.45, 7) is 4.00. The zero-order chi connectivity index (χ0) is 8.69. The molecule has 0 saturated heterocycles. The molecule has 11 heavy (non-hydrogen) atoms. The molecule has 2 nitrogen and oxygen atoms in total. The number of carbonyl (C=O) groups excluding carboxylic acids is 1. The Morgan fingerprint density at radius 3 is 2.36 bits per heavy atom. The first-order valence-corrected chi connectivity index (χ1v) is 4.21. The molecule has 0 radical (unpaired) electrons. The monoisotopic (exact) mass is 155 g/mol. The molecule has 0 unspecified atom stereocenters. The summed E-state index contributed by atoms with van der Waals surface area (Å²) in [7, 11) is 1.89. The van der Waals surface area contributed by atoms with Gasteiger partial charge in [0.1, 0.15) is 5.78 Å². The number of carbonyl (C=O) groups is 1. The van der Waals surface area contributed by atoms with E-state index in [1.54, 1.807) is 0 Å². The summed E-state index contributed by atoms with van der Waals surface area (Å²) in [4.78, 5) is 10.7. The number of ketones is 1. The molecule has 1 aliphatic carbocycles. The van der Waals surface area contributed by atoms with Crippen LogP contribution in [0.1, 0.15) is 33.1 Å². The van der Waals surface area contributed by atoms with Gasteiger partial charge in [-0.3, -0.25) is 4.79 Å². The average molecular weight is 155 g/mol. The van der Waals surface area contributed by atoms with Gasteiger partial charge in [-0.15, -0.1) is 0 Å². The Morgan fingerprint density at radius 1 is 1.36 bits per heavy atom. The molecular formula is C9H17NO. The molecular weight excluding hydrogens is 138 g/mol. The van der Waals surface area contributed by atoms with E-state index >= 15 is 0 Å². The molecule has 64 valence electrons. The van der Waals surface area contributed by atoms with Gasteiger partial charge in [-0.2, -0.15) is 0 Å². The van der Waals surface area contributed by atoms with Crippen LogP contribution in [-0.2, 0) is 4.79 Å². The fourth-order valence-corrected chi connectivity index (χ4v) is 0.942. The van der Waals surface area contributed by atoms with Crippen molar-refractivity contribution in [3.8, 4) is 0 Å². The van der Waals surface area contributed by atoms with Gasteiger partial charge in [-0.05, 0) is 6.42 Å². The number of nitrogens with one attached hydrogen (secondary N) is 1. The predicted octanol–water partition coefficient (Wildman–Crippen LogP) is 1.87. The smallest absolute Gasteiger partial charge is 0.137 e. The third kappa shape index (κ3) is 3.81. The van der Waals surface area contributed by atoms with Gasteiger partial charge in [-0.25, -0.2) is 0 Å². The number of hydrogen-bond acceptors (Lipinski definition) is 2. The summed E-state index contributed by atoms with van der Waals surface area (Å²) in [5.41, 5.74) is 1.20. The first kappa shape index (κ1) is 10.2. The standard InChI is InChI=1S/C7H11NO.C2H6/c1-8-6-2-4-7(9)5-3-6;1-2/h2,8H,3-5H2,1H3;1-2H3. The highest BCUT2D eigenvalue weighted by molar-refractivity contribution is 5.81. The molecule has 0 aliphatic heterocycles. The van der Waals surface area contributed by atoms with Crippen LogP contribution in [0.25, 0.3) is 0 Å². The summed E-state index contributed by atoms with van der Waals surface area (Å²) < 4.78 is 0. The fraction of sp³-hybridized carbons (Fsp3) is 0.667. The third-order valence-corrected chi connectivity index (χ3v) is 1.57. The van der Waals surface area contributed by atoms with Crippen LogP contribution >= 0.6 is 0 Å². The SMILES string of the molecule is CC.CNC1=CCC(=O)CC1. The molecule has 1 N–H and O–H groups in total. The van der Waals surface area contributed by atoms with Gasteiger partial charge in [-0.1, -0.05) is 19.9 Å². The lowest BCUT2D eigenvalue weighted by atomic mass is 10.0. The molecule has 0 saturated carbocycles. The van der Waals surface area contributed by atoms with Gasteiger partial charge in [0.25, 0.3) is 0 Å². The van der Waals surface area contributed by atoms with Crippen molar-refractivity contribution < 1.29 is 4.79 Å². The first-order valence-electron chi connectivity index (χ1n) is 4.21. The van der Waals surface area contributed by atoms with E-state index in [4.69, 9.17) is 0 Å². The second-order valence-corrected chi connectivity index (χ2v) is 2.22. The maximum absolute atomic E-state index is 10.7. The molecule has 0 aromatic rings. The van der Waals surface area contributed by atoms with E-state index in [1.165, 1.54) is 5.70 Å². The number of hydrogen-bond donors (Lipinski definition) is 1. The predicted molar refractivity (Wildman–Crippen MR) is 47.3 cm³/mol. The molecule has 0 atom stereocenters. The Balaban J connectivity index is 0.000000461. The molecule has 2 heteroatoms. The zero-order valence-electron chi connectivity index (χ0n) is 7.61. The van der Waals surface area contributed by atoms with Crippen molar-refractivity contribution in [3.63, 3.8) is 0 Å². The highest BCUT2D eigenvalue weighted by Crippen LogP contribution is 2.10. The molecule has 1 rings (SSSR count). The van der Waals surface area contributed by atoms with Crippen molar-refractivity contribution in [2.75, 3.05) is 7.05 Å². The summed E-state index contributed by atoms with van der Waals surface area (Å²) in [5, 5.41) is 3.03. The largest absolute Gasteiger partial charge is 0.392 e. The lowest BCUT2D eigenvalue weighted by Crippen LogP contribution is -2.12. The molecule has 0 fully saturated rings. The minimum absolute atomic E-state index is 0.356. The normalized spacial score (nSPS) is 16.3. The van der Waals surface area contributed by atoms with Crippen molar-refractivity contribution in [3.05, 3.63) is 11.8 Å². The topological polar surface area (TPSA) is 29.1 Å². The van der Waals surface area contributed by atoms with E-state index in [-0.39, 0.29) is 0 Å². The van der Waals surface area contributed by atoms with Gasteiger partial charge in [0, 0.05) is 25.6 Å². The quantitative estimate of drug-likeness (QED) is 0.626. The Kier molecular flexibility index (Phi) is 5.53. The number of Topliss-reactive ketones (excluding diaryl/α,β-unsaturated/α-hetero) is 1. The molecule has 0 aromatic heterocycles. The van der Waals surface area contributed by atoms with Crippen molar-refractivity contribution >= 4 is 5.78 Å². The summed E-state index contributed by atoms with van der Waals surface area (Å²) in [6.07, 6.45) is 4.20. The van der Waals surface area contributed by atoms with E-state index < -0.39 is 0 Å². The average Bonchev–Trinajstić information content (AvgIpc) is 2.10. The van der Waals surface area contributed by atoms with E-state index in [0.29, 0.717) is 18.6 Å². The van der Waals surface area contributed by atoms with Gasteiger partial charge in [0.2, 0.25) is 0 Å². The maximum Gasteiger partial charge on any atom is 0.137 e. The van der Waals surface area contributed by atoms with Crippen LogP contribution in [-0.4, -0.2) is 12.8 Å². The fourth-order valence-electron chi connectivity index (χ4n) is 0.942. The lowest BCUT2D eigenvalue weighted by molar-refractivity contribution is -0.118. The molecule has 0 amide bonds. The van der Waals surface area contributed by atoms with E-state index in [1.807, 2.05) is 27.0 Å². The molecule has 0 spiro atoms. The maximum atomic E-state index is 10.7. The Bertz CT molecular complexity index is 150. The van der Waals surface area contributed by atoms with Crippen LogP contribution in [0.3, 0.4) is 0 Å². The van der Waals surface area contributed by atoms with E-state index in [2.05, 4.69) is 5.32 Å². The minimum Gasteiger partial charge on any atom is -0.392 e.